The average molecular weight is 256 g/mol. The summed E-state index contributed by atoms with van der Waals surface area (Å²) in [7, 11) is 0. The number of hydrogen-bond acceptors (Lipinski definition) is 3. The van der Waals surface area contributed by atoms with Gasteiger partial charge in [-0.25, -0.2) is 4.79 Å². The Kier molecular flexibility index (Phi) is 4.45. The highest BCUT2D eigenvalue weighted by Crippen LogP contribution is 2.21. The van der Waals surface area contributed by atoms with Crippen LogP contribution in [0, 0.1) is 0 Å². The number of carbonyl (C=O) groups excluding carboxylic acids is 1. The van der Waals surface area contributed by atoms with Crippen LogP contribution in [0.4, 0.5) is 4.79 Å². The summed E-state index contributed by atoms with van der Waals surface area (Å²) in [6, 6.07) is 0.256. The standard InChI is InChI=1S/C13H24N2O3/c1-13(2)17-9-11(18-13)8-14-12(16)15-10-6-4-3-5-7-10/h10-11H,3-9H2,1-2H3,(H2,14,15,16). The number of nitrogens with one attached hydrogen (secondary N) is 2. The topological polar surface area (TPSA) is 59.6 Å². The third-order valence-electron chi connectivity index (χ3n) is 3.50. The van der Waals surface area contributed by atoms with Gasteiger partial charge in [-0.1, -0.05) is 19.3 Å². The maximum absolute atomic E-state index is 11.7. The summed E-state index contributed by atoms with van der Waals surface area (Å²) in [5.74, 6) is -0.522. The summed E-state index contributed by atoms with van der Waals surface area (Å²) in [6.07, 6.45) is 5.89. The van der Waals surface area contributed by atoms with Crippen molar-refractivity contribution in [3.05, 3.63) is 0 Å². The molecule has 0 aromatic rings. The Balaban J connectivity index is 1.63. The smallest absolute Gasteiger partial charge is 0.315 e. The SMILES string of the molecule is CC1(C)OCC(CNC(=O)NC2CCCCC2)O1. The fraction of sp³-hybridized carbons (Fsp3) is 0.923. The molecule has 1 saturated carbocycles. The molecule has 2 fully saturated rings. The van der Waals surface area contributed by atoms with Crippen LogP contribution in [0.25, 0.3) is 0 Å². The lowest BCUT2D eigenvalue weighted by Crippen LogP contribution is -2.45. The molecular formula is C13H24N2O3. The molecule has 2 N–H and O–H groups in total. The first-order chi connectivity index (χ1) is 8.55. The molecule has 0 spiro atoms. The van der Waals surface area contributed by atoms with Gasteiger partial charge in [-0.2, -0.15) is 0 Å². The lowest BCUT2D eigenvalue weighted by atomic mass is 9.96. The molecule has 104 valence electrons. The number of carbonyl (C=O) groups is 1. The Morgan fingerprint density at radius 1 is 1.28 bits per heavy atom. The van der Waals surface area contributed by atoms with Crippen molar-refractivity contribution in [1.29, 1.82) is 0 Å². The van der Waals surface area contributed by atoms with Gasteiger partial charge in [0, 0.05) is 12.6 Å². The van der Waals surface area contributed by atoms with E-state index >= 15 is 0 Å². The number of ether oxygens (including phenoxy) is 2. The summed E-state index contributed by atoms with van der Waals surface area (Å²) in [5, 5.41) is 5.87. The summed E-state index contributed by atoms with van der Waals surface area (Å²) in [6.45, 7) is 4.81. The Morgan fingerprint density at radius 2 is 2.00 bits per heavy atom. The van der Waals surface area contributed by atoms with Gasteiger partial charge in [-0.3, -0.25) is 0 Å². The van der Waals surface area contributed by atoms with Crippen LogP contribution in [0.3, 0.4) is 0 Å². The maximum atomic E-state index is 11.7. The highest BCUT2D eigenvalue weighted by atomic mass is 16.7. The van der Waals surface area contributed by atoms with Gasteiger partial charge in [0.2, 0.25) is 0 Å². The molecule has 0 bridgehead atoms. The third kappa shape index (κ3) is 4.14. The molecule has 1 saturated heterocycles. The van der Waals surface area contributed by atoms with Gasteiger partial charge < -0.3 is 20.1 Å². The van der Waals surface area contributed by atoms with Crippen molar-refractivity contribution in [3.63, 3.8) is 0 Å². The van der Waals surface area contributed by atoms with Crippen molar-refractivity contribution in [2.45, 2.75) is 63.9 Å². The van der Waals surface area contributed by atoms with Crippen LogP contribution in [0.5, 0.6) is 0 Å². The molecule has 2 aliphatic rings. The van der Waals surface area contributed by atoms with Crippen LogP contribution in [0.1, 0.15) is 46.0 Å². The summed E-state index contributed by atoms with van der Waals surface area (Å²) in [4.78, 5) is 11.7. The minimum atomic E-state index is -0.522. The van der Waals surface area contributed by atoms with Gasteiger partial charge in [0.05, 0.1) is 6.61 Å². The molecule has 0 radical (unpaired) electrons. The summed E-state index contributed by atoms with van der Waals surface area (Å²) >= 11 is 0. The van der Waals surface area contributed by atoms with E-state index in [4.69, 9.17) is 9.47 Å². The van der Waals surface area contributed by atoms with Gasteiger partial charge in [0.25, 0.3) is 0 Å². The second-order valence-electron chi connectivity index (χ2n) is 5.64. The lowest BCUT2D eigenvalue weighted by molar-refractivity contribution is -0.137. The molecule has 5 nitrogen and oxygen atoms in total. The minimum Gasteiger partial charge on any atom is -0.348 e. The fourth-order valence-electron chi connectivity index (χ4n) is 2.55. The van der Waals surface area contributed by atoms with Crippen molar-refractivity contribution in [2.75, 3.05) is 13.2 Å². The Hall–Kier alpha value is -0.810. The zero-order valence-electron chi connectivity index (χ0n) is 11.3. The Bertz CT molecular complexity index is 288. The molecule has 1 atom stereocenters. The molecule has 5 heteroatoms. The molecule has 1 unspecified atom stereocenters. The molecule has 0 aromatic heterocycles. The van der Waals surface area contributed by atoms with Crippen LogP contribution in [-0.2, 0) is 9.47 Å². The van der Waals surface area contributed by atoms with Crippen LogP contribution in [0.2, 0.25) is 0 Å². The first-order valence-corrected chi connectivity index (χ1v) is 6.91. The first kappa shape index (κ1) is 13.6. The Labute approximate surface area is 109 Å². The van der Waals surface area contributed by atoms with Crippen LogP contribution >= 0.6 is 0 Å². The van der Waals surface area contributed by atoms with E-state index in [1.807, 2.05) is 13.8 Å². The number of amides is 2. The van der Waals surface area contributed by atoms with Crippen LogP contribution in [-0.4, -0.2) is 37.1 Å². The van der Waals surface area contributed by atoms with Crippen LogP contribution in [0.15, 0.2) is 0 Å². The second kappa shape index (κ2) is 5.89. The monoisotopic (exact) mass is 256 g/mol. The zero-order chi connectivity index (χ0) is 13.0. The maximum Gasteiger partial charge on any atom is 0.315 e. The van der Waals surface area contributed by atoms with Gasteiger partial charge in [-0.05, 0) is 26.7 Å². The molecule has 0 aromatic carbocycles. The van der Waals surface area contributed by atoms with Gasteiger partial charge in [0.1, 0.15) is 6.10 Å². The predicted molar refractivity (Wildman–Crippen MR) is 68.3 cm³/mol. The minimum absolute atomic E-state index is 0.0443. The molecular weight excluding hydrogens is 232 g/mol. The highest BCUT2D eigenvalue weighted by Gasteiger charge is 2.32. The van der Waals surface area contributed by atoms with Gasteiger partial charge in [0.15, 0.2) is 5.79 Å². The average Bonchev–Trinajstić information content (AvgIpc) is 2.68. The first-order valence-electron chi connectivity index (χ1n) is 6.91. The highest BCUT2D eigenvalue weighted by molar-refractivity contribution is 5.74. The Morgan fingerprint density at radius 3 is 2.61 bits per heavy atom. The lowest BCUT2D eigenvalue weighted by Gasteiger charge is -2.23. The van der Waals surface area contributed by atoms with E-state index in [1.165, 1.54) is 19.3 Å². The van der Waals surface area contributed by atoms with E-state index in [2.05, 4.69) is 10.6 Å². The van der Waals surface area contributed by atoms with E-state index in [1.54, 1.807) is 0 Å². The van der Waals surface area contributed by atoms with Crippen LogP contribution < -0.4 is 10.6 Å². The number of rotatable bonds is 3. The van der Waals surface area contributed by atoms with Crippen molar-refractivity contribution in [3.8, 4) is 0 Å². The van der Waals surface area contributed by atoms with E-state index in [-0.39, 0.29) is 12.1 Å². The normalized spacial score (nSPS) is 28.0. The van der Waals surface area contributed by atoms with Gasteiger partial charge in [-0.15, -0.1) is 0 Å². The quantitative estimate of drug-likeness (QED) is 0.809. The molecule has 2 amide bonds. The molecule has 1 aliphatic carbocycles. The number of urea groups is 1. The number of hydrogen-bond donors (Lipinski definition) is 2. The van der Waals surface area contributed by atoms with E-state index < -0.39 is 5.79 Å². The molecule has 2 rings (SSSR count). The second-order valence-corrected chi connectivity index (χ2v) is 5.64. The molecule has 18 heavy (non-hydrogen) atoms. The van der Waals surface area contributed by atoms with E-state index in [0.717, 1.165) is 12.8 Å². The largest absolute Gasteiger partial charge is 0.348 e. The van der Waals surface area contributed by atoms with Crippen molar-refractivity contribution in [1.82, 2.24) is 10.6 Å². The third-order valence-corrected chi connectivity index (χ3v) is 3.50. The van der Waals surface area contributed by atoms with Crippen molar-refractivity contribution in [2.24, 2.45) is 0 Å². The van der Waals surface area contributed by atoms with Crippen molar-refractivity contribution < 1.29 is 14.3 Å². The van der Waals surface area contributed by atoms with Crippen molar-refractivity contribution >= 4 is 6.03 Å². The molecule has 1 heterocycles. The fourth-order valence-corrected chi connectivity index (χ4v) is 2.55. The summed E-state index contributed by atoms with van der Waals surface area (Å²) in [5.41, 5.74) is 0. The predicted octanol–water partition coefficient (Wildman–Crippen LogP) is 1.77. The van der Waals surface area contributed by atoms with Gasteiger partial charge >= 0.3 is 6.03 Å². The van der Waals surface area contributed by atoms with E-state index in [0.29, 0.717) is 19.2 Å². The van der Waals surface area contributed by atoms with E-state index in [9.17, 15) is 4.79 Å². The zero-order valence-corrected chi connectivity index (χ0v) is 11.3. The molecule has 1 aliphatic heterocycles. The summed E-state index contributed by atoms with van der Waals surface area (Å²) < 4.78 is 11.1.